The van der Waals surface area contributed by atoms with Crippen LogP contribution in [0.5, 0.6) is 11.5 Å². The summed E-state index contributed by atoms with van der Waals surface area (Å²) in [6.45, 7) is 1.39. The zero-order valence-corrected chi connectivity index (χ0v) is 18.6. The molecule has 4 rings (SSSR count). The lowest BCUT2D eigenvalue weighted by Gasteiger charge is -2.26. The summed E-state index contributed by atoms with van der Waals surface area (Å²) in [7, 11) is -3.60. The molecule has 1 amide bonds. The maximum absolute atomic E-state index is 12.7. The SMILES string of the molecule is O=C(Nc1ccc(Oc2ccccc2Cl)cc1)c1ccc(S(=O)(=O)N2CCOCC2)cc1. The van der Waals surface area contributed by atoms with E-state index in [1.165, 1.54) is 28.6 Å². The molecule has 1 aliphatic rings. The lowest BCUT2D eigenvalue weighted by atomic mass is 10.2. The molecular formula is C23H21ClN2O5S. The number of carbonyl (C=O) groups excluding carboxylic acids is 1. The number of morpholine rings is 1. The number of nitrogens with zero attached hydrogens (tertiary/aromatic N) is 1. The highest BCUT2D eigenvalue weighted by molar-refractivity contribution is 7.89. The second kappa shape index (κ2) is 9.70. The first-order valence-corrected chi connectivity index (χ1v) is 11.8. The van der Waals surface area contributed by atoms with Crippen molar-refractivity contribution in [2.75, 3.05) is 31.6 Å². The molecule has 0 aliphatic carbocycles. The van der Waals surface area contributed by atoms with Crippen molar-refractivity contribution >= 4 is 33.2 Å². The summed E-state index contributed by atoms with van der Waals surface area (Å²) in [6, 6.07) is 19.9. The van der Waals surface area contributed by atoms with E-state index in [1.807, 2.05) is 12.1 Å². The number of para-hydroxylation sites is 1. The predicted octanol–water partition coefficient (Wildman–Crippen LogP) is 4.41. The number of rotatable bonds is 6. The third-order valence-corrected chi connectivity index (χ3v) is 7.13. The summed E-state index contributed by atoms with van der Waals surface area (Å²) >= 11 is 6.10. The van der Waals surface area contributed by atoms with Crippen molar-refractivity contribution in [1.82, 2.24) is 4.31 Å². The quantitative estimate of drug-likeness (QED) is 0.574. The maximum Gasteiger partial charge on any atom is 0.255 e. The Morgan fingerprint density at radius 2 is 1.59 bits per heavy atom. The number of sulfonamides is 1. The van der Waals surface area contributed by atoms with E-state index in [-0.39, 0.29) is 10.8 Å². The molecule has 1 heterocycles. The molecule has 0 aromatic heterocycles. The minimum Gasteiger partial charge on any atom is -0.456 e. The van der Waals surface area contributed by atoms with Crippen LogP contribution in [-0.4, -0.2) is 44.9 Å². The molecule has 0 unspecified atom stereocenters. The van der Waals surface area contributed by atoms with Crippen LogP contribution in [0, 0.1) is 0 Å². The molecule has 0 saturated carbocycles. The van der Waals surface area contributed by atoms with E-state index in [1.54, 1.807) is 36.4 Å². The molecule has 1 saturated heterocycles. The van der Waals surface area contributed by atoms with E-state index < -0.39 is 10.0 Å². The van der Waals surface area contributed by atoms with Crippen molar-refractivity contribution in [3.63, 3.8) is 0 Å². The Morgan fingerprint density at radius 3 is 2.25 bits per heavy atom. The average Bonchev–Trinajstić information content (AvgIpc) is 2.82. The monoisotopic (exact) mass is 472 g/mol. The van der Waals surface area contributed by atoms with Gasteiger partial charge in [-0.25, -0.2) is 8.42 Å². The van der Waals surface area contributed by atoms with Gasteiger partial charge >= 0.3 is 0 Å². The lowest BCUT2D eigenvalue weighted by molar-refractivity contribution is 0.0730. The molecule has 3 aromatic rings. The van der Waals surface area contributed by atoms with Gasteiger partial charge in [-0.2, -0.15) is 4.31 Å². The van der Waals surface area contributed by atoms with Crippen LogP contribution in [0.2, 0.25) is 5.02 Å². The van der Waals surface area contributed by atoms with Crippen LogP contribution in [-0.2, 0) is 14.8 Å². The van der Waals surface area contributed by atoms with Gasteiger partial charge in [0.1, 0.15) is 11.5 Å². The summed E-state index contributed by atoms with van der Waals surface area (Å²) in [5, 5.41) is 3.29. The van der Waals surface area contributed by atoms with Gasteiger partial charge in [-0.3, -0.25) is 4.79 Å². The minimum atomic E-state index is -3.60. The summed E-state index contributed by atoms with van der Waals surface area (Å²) < 4.78 is 37.7. The molecule has 9 heteroatoms. The van der Waals surface area contributed by atoms with Crippen LogP contribution in [0.25, 0.3) is 0 Å². The van der Waals surface area contributed by atoms with E-state index in [0.29, 0.717) is 54.1 Å². The first-order chi connectivity index (χ1) is 15.4. The van der Waals surface area contributed by atoms with E-state index in [9.17, 15) is 13.2 Å². The highest BCUT2D eigenvalue weighted by Crippen LogP contribution is 2.29. The number of hydrogen-bond acceptors (Lipinski definition) is 5. The highest BCUT2D eigenvalue weighted by atomic mass is 35.5. The summed E-state index contributed by atoms with van der Waals surface area (Å²) in [5.74, 6) is 0.770. The second-order valence-corrected chi connectivity index (χ2v) is 9.40. The molecule has 0 atom stereocenters. The third kappa shape index (κ3) is 5.11. The third-order valence-electron chi connectivity index (χ3n) is 4.90. The zero-order valence-electron chi connectivity index (χ0n) is 17.0. The Labute approximate surface area is 191 Å². The van der Waals surface area contributed by atoms with Crippen molar-refractivity contribution in [3.8, 4) is 11.5 Å². The molecule has 32 heavy (non-hydrogen) atoms. The number of carbonyl (C=O) groups is 1. The molecule has 1 N–H and O–H groups in total. The smallest absolute Gasteiger partial charge is 0.255 e. The van der Waals surface area contributed by atoms with Gasteiger partial charge < -0.3 is 14.8 Å². The van der Waals surface area contributed by atoms with Crippen LogP contribution in [0.15, 0.2) is 77.7 Å². The molecular weight excluding hydrogens is 452 g/mol. The second-order valence-electron chi connectivity index (χ2n) is 7.05. The van der Waals surface area contributed by atoms with E-state index in [2.05, 4.69) is 5.32 Å². The molecule has 166 valence electrons. The number of benzene rings is 3. The fraction of sp³-hybridized carbons (Fsp3) is 0.174. The van der Waals surface area contributed by atoms with Crippen LogP contribution < -0.4 is 10.1 Å². The van der Waals surface area contributed by atoms with Gasteiger partial charge in [0, 0.05) is 24.3 Å². The number of hydrogen-bond donors (Lipinski definition) is 1. The summed E-state index contributed by atoms with van der Waals surface area (Å²) in [4.78, 5) is 12.7. The number of anilines is 1. The Balaban J connectivity index is 1.40. The zero-order chi connectivity index (χ0) is 22.6. The number of nitrogens with one attached hydrogen (secondary N) is 1. The van der Waals surface area contributed by atoms with Gasteiger partial charge in [0.2, 0.25) is 10.0 Å². The van der Waals surface area contributed by atoms with Crippen LogP contribution >= 0.6 is 11.6 Å². The van der Waals surface area contributed by atoms with Gasteiger partial charge in [0.25, 0.3) is 5.91 Å². The fourth-order valence-corrected chi connectivity index (χ4v) is 4.76. The predicted molar refractivity (Wildman–Crippen MR) is 122 cm³/mol. The van der Waals surface area contributed by atoms with Gasteiger partial charge in [0.05, 0.1) is 23.1 Å². The normalized spacial score (nSPS) is 14.7. The first kappa shape index (κ1) is 22.3. The van der Waals surface area contributed by atoms with Crippen LogP contribution in [0.4, 0.5) is 5.69 Å². The van der Waals surface area contributed by atoms with Gasteiger partial charge in [-0.1, -0.05) is 23.7 Å². The number of halogens is 1. The molecule has 0 radical (unpaired) electrons. The Bertz CT molecular complexity index is 1190. The first-order valence-electron chi connectivity index (χ1n) is 9.95. The standard InChI is InChI=1S/C23H21ClN2O5S/c24-21-3-1-2-4-22(21)31-19-9-7-18(8-10-19)25-23(27)17-5-11-20(12-6-17)32(28,29)26-13-15-30-16-14-26/h1-12H,13-16H2,(H,25,27). The molecule has 7 nitrogen and oxygen atoms in total. The summed E-state index contributed by atoms with van der Waals surface area (Å²) in [6.07, 6.45) is 0. The van der Waals surface area contributed by atoms with E-state index >= 15 is 0 Å². The van der Waals surface area contributed by atoms with E-state index in [4.69, 9.17) is 21.1 Å². The topological polar surface area (TPSA) is 84.9 Å². The minimum absolute atomic E-state index is 0.150. The average molecular weight is 473 g/mol. The lowest BCUT2D eigenvalue weighted by Crippen LogP contribution is -2.40. The molecule has 1 aliphatic heterocycles. The number of ether oxygens (including phenoxy) is 2. The molecule has 0 spiro atoms. The van der Waals surface area contributed by atoms with Crippen molar-refractivity contribution in [1.29, 1.82) is 0 Å². The molecule has 1 fully saturated rings. The van der Waals surface area contributed by atoms with Gasteiger partial charge in [0.15, 0.2) is 0 Å². The van der Waals surface area contributed by atoms with E-state index in [0.717, 1.165) is 0 Å². The molecule has 3 aromatic carbocycles. The van der Waals surface area contributed by atoms with Gasteiger partial charge in [-0.05, 0) is 60.7 Å². The summed E-state index contributed by atoms with van der Waals surface area (Å²) in [5.41, 5.74) is 0.925. The van der Waals surface area contributed by atoms with Crippen LogP contribution in [0.1, 0.15) is 10.4 Å². The number of amides is 1. The Hall–Kier alpha value is -2.91. The largest absolute Gasteiger partial charge is 0.456 e. The van der Waals surface area contributed by atoms with Gasteiger partial charge in [-0.15, -0.1) is 0 Å². The van der Waals surface area contributed by atoms with Crippen molar-refractivity contribution in [3.05, 3.63) is 83.4 Å². The fourth-order valence-electron chi connectivity index (χ4n) is 3.18. The van der Waals surface area contributed by atoms with Crippen molar-refractivity contribution in [2.24, 2.45) is 0 Å². The Morgan fingerprint density at radius 1 is 0.938 bits per heavy atom. The Kier molecular flexibility index (Phi) is 6.76. The van der Waals surface area contributed by atoms with Crippen molar-refractivity contribution in [2.45, 2.75) is 4.90 Å². The van der Waals surface area contributed by atoms with Crippen molar-refractivity contribution < 1.29 is 22.7 Å². The maximum atomic E-state index is 12.7. The van der Waals surface area contributed by atoms with Crippen LogP contribution in [0.3, 0.4) is 0 Å². The molecule has 0 bridgehead atoms. The highest BCUT2D eigenvalue weighted by Gasteiger charge is 2.26.